The Morgan fingerprint density at radius 1 is 1.64 bits per heavy atom. The Balaban J connectivity index is 2.20. The third-order valence-corrected chi connectivity index (χ3v) is 3.69. The standard InChI is InChI=1S/C11H15NO2/c1-2-14-10(13)11(7-12)6-8-3-4-9(11)5-8/h8-9H,2-6H2,1H3/t8?,9?,11-/m1/s1. The number of fused-ring (bicyclic) bond motifs is 2. The summed E-state index contributed by atoms with van der Waals surface area (Å²) in [4.78, 5) is 11.7. The van der Waals surface area contributed by atoms with Gasteiger partial charge in [0.1, 0.15) is 0 Å². The number of hydrogen-bond donors (Lipinski definition) is 0. The molecule has 0 amide bonds. The number of hydrogen-bond acceptors (Lipinski definition) is 3. The number of nitrogens with zero attached hydrogens (tertiary/aromatic N) is 1. The van der Waals surface area contributed by atoms with E-state index in [0.717, 1.165) is 19.3 Å². The molecule has 3 atom stereocenters. The Hall–Kier alpha value is -1.04. The fraction of sp³-hybridized carbons (Fsp3) is 0.818. The predicted octanol–water partition coefficient (Wildman–Crippen LogP) is 1.88. The second kappa shape index (κ2) is 3.27. The molecule has 76 valence electrons. The molecule has 0 saturated heterocycles. The zero-order valence-electron chi connectivity index (χ0n) is 8.45. The lowest BCUT2D eigenvalue weighted by atomic mass is 9.74. The van der Waals surface area contributed by atoms with Gasteiger partial charge in [-0.05, 0) is 38.0 Å². The Morgan fingerprint density at radius 2 is 2.43 bits per heavy atom. The summed E-state index contributed by atoms with van der Waals surface area (Å²) < 4.78 is 5.01. The van der Waals surface area contributed by atoms with Gasteiger partial charge in [0.05, 0.1) is 12.7 Å². The van der Waals surface area contributed by atoms with E-state index in [1.807, 2.05) is 0 Å². The molecule has 3 heteroatoms. The minimum Gasteiger partial charge on any atom is -0.465 e. The fourth-order valence-corrected chi connectivity index (χ4v) is 3.02. The first-order chi connectivity index (χ1) is 6.73. The van der Waals surface area contributed by atoms with Gasteiger partial charge in [0.15, 0.2) is 5.41 Å². The molecule has 2 fully saturated rings. The lowest BCUT2D eigenvalue weighted by Gasteiger charge is -2.28. The van der Waals surface area contributed by atoms with Crippen molar-refractivity contribution in [1.29, 1.82) is 5.26 Å². The van der Waals surface area contributed by atoms with Crippen LogP contribution in [0.25, 0.3) is 0 Å². The third-order valence-electron chi connectivity index (χ3n) is 3.69. The molecule has 3 nitrogen and oxygen atoms in total. The summed E-state index contributed by atoms with van der Waals surface area (Å²) in [5.74, 6) is 0.565. The molecular weight excluding hydrogens is 178 g/mol. The Labute approximate surface area is 84.0 Å². The third kappa shape index (κ3) is 1.13. The molecule has 0 aromatic carbocycles. The highest BCUT2D eigenvalue weighted by Crippen LogP contribution is 2.56. The van der Waals surface area contributed by atoms with Crippen molar-refractivity contribution in [3.63, 3.8) is 0 Å². The Bertz CT molecular complexity index is 294. The second-order valence-corrected chi connectivity index (χ2v) is 4.38. The molecule has 0 aliphatic heterocycles. The van der Waals surface area contributed by atoms with E-state index in [1.54, 1.807) is 6.92 Å². The smallest absolute Gasteiger partial charge is 0.326 e. The van der Waals surface area contributed by atoms with Crippen molar-refractivity contribution in [3.05, 3.63) is 0 Å². The van der Waals surface area contributed by atoms with Crippen molar-refractivity contribution >= 4 is 5.97 Å². The molecular formula is C11H15NO2. The SMILES string of the molecule is CCOC(=O)[C@@]1(C#N)CC2CCC1C2. The molecule has 0 N–H and O–H groups in total. The summed E-state index contributed by atoms with van der Waals surface area (Å²) in [6.07, 6.45) is 3.99. The first-order valence-corrected chi connectivity index (χ1v) is 5.31. The highest BCUT2D eigenvalue weighted by molar-refractivity contribution is 5.81. The number of nitriles is 1. The van der Waals surface area contributed by atoms with Gasteiger partial charge in [-0.3, -0.25) is 4.79 Å². The first kappa shape index (κ1) is 9.51. The molecule has 2 unspecified atom stereocenters. The average Bonchev–Trinajstić information content (AvgIpc) is 2.77. The van der Waals surface area contributed by atoms with Crippen molar-refractivity contribution in [2.45, 2.75) is 32.6 Å². The first-order valence-electron chi connectivity index (χ1n) is 5.31. The zero-order valence-corrected chi connectivity index (χ0v) is 8.45. The van der Waals surface area contributed by atoms with Crippen LogP contribution in [-0.4, -0.2) is 12.6 Å². The quantitative estimate of drug-likeness (QED) is 0.629. The fourth-order valence-electron chi connectivity index (χ4n) is 3.02. The monoisotopic (exact) mass is 193 g/mol. The maximum Gasteiger partial charge on any atom is 0.326 e. The van der Waals surface area contributed by atoms with Crippen molar-refractivity contribution in [2.75, 3.05) is 6.61 Å². The molecule has 0 radical (unpaired) electrons. The minimum atomic E-state index is -0.793. The van der Waals surface area contributed by atoms with Crippen LogP contribution in [0.15, 0.2) is 0 Å². The highest BCUT2D eigenvalue weighted by Gasteiger charge is 2.57. The average molecular weight is 193 g/mol. The Kier molecular flexibility index (Phi) is 2.22. The van der Waals surface area contributed by atoms with Crippen molar-refractivity contribution in [3.8, 4) is 6.07 Å². The lowest BCUT2D eigenvalue weighted by Crippen LogP contribution is -2.36. The molecule has 0 spiro atoms. The lowest BCUT2D eigenvalue weighted by molar-refractivity contribution is -0.154. The molecule has 2 rings (SSSR count). The van der Waals surface area contributed by atoms with Gasteiger partial charge in [0.25, 0.3) is 0 Å². The molecule has 0 aromatic heterocycles. The maximum atomic E-state index is 11.7. The topological polar surface area (TPSA) is 50.1 Å². The summed E-state index contributed by atoms with van der Waals surface area (Å²) >= 11 is 0. The van der Waals surface area contributed by atoms with E-state index in [1.165, 1.54) is 6.42 Å². The van der Waals surface area contributed by atoms with Gasteiger partial charge in [0.2, 0.25) is 0 Å². The van der Waals surface area contributed by atoms with E-state index in [4.69, 9.17) is 4.74 Å². The summed E-state index contributed by atoms with van der Waals surface area (Å²) in [7, 11) is 0. The number of carbonyl (C=O) groups excluding carboxylic acids is 1. The predicted molar refractivity (Wildman–Crippen MR) is 50.1 cm³/mol. The van der Waals surface area contributed by atoms with Crippen LogP contribution in [0.2, 0.25) is 0 Å². The van der Waals surface area contributed by atoms with Crippen LogP contribution < -0.4 is 0 Å². The molecule has 2 aliphatic rings. The van der Waals surface area contributed by atoms with Crippen molar-refractivity contribution in [2.24, 2.45) is 17.3 Å². The maximum absolute atomic E-state index is 11.7. The van der Waals surface area contributed by atoms with Crippen LogP contribution in [0.4, 0.5) is 0 Å². The number of ether oxygens (including phenoxy) is 1. The second-order valence-electron chi connectivity index (χ2n) is 4.38. The molecule has 0 heterocycles. The summed E-state index contributed by atoms with van der Waals surface area (Å²) in [5, 5.41) is 9.18. The van der Waals surface area contributed by atoms with E-state index in [2.05, 4.69) is 6.07 Å². The van der Waals surface area contributed by atoms with E-state index in [9.17, 15) is 10.1 Å². The van der Waals surface area contributed by atoms with Crippen LogP contribution in [-0.2, 0) is 9.53 Å². The van der Waals surface area contributed by atoms with E-state index in [-0.39, 0.29) is 11.9 Å². The van der Waals surface area contributed by atoms with E-state index < -0.39 is 5.41 Å². The number of rotatable bonds is 2. The molecule has 2 bridgehead atoms. The van der Waals surface area contributed by atoms with Gasteiger partial charge in [0, 0.05) is 0 Å². The van der Waals surface area contributed by atoms with E-state index in [0.29, 0.717) is 12.5 Å². The van der Waals surface area contributed by atoms with Crippen LogP contribution in [0.5, 0.6) is 0 Å². The number of esters is 1. The van der Waals surface area contributed by atoms with Crippen LogP contribution in [0.3, 0.4) is 0 Å². The zero-order chi connectivity index (χ0) is 10.2. The van der Waals surface area contributed by atoms with Gasteiger partial charge in [-0.2, -0.15) is 5.26 Å². The summed E-state index contributed by atoms with van der Waals surface area (Å²) in [6, 6.07) is 2.22. The minimum absolute atomic E-state index is 0.261. The van der Waals surface area contributed by atoms with Crippen molar-refractivity contribution < 1.29 is 9.53 Å². The highest BCUT2D eigenvalue weighted by atomic mass is 16.5. The Morgan fingerprint density at radius 3 is 2.86 bits per heavy atom. The summed E-state index contributed by atoms with van der Waals surface area (Å²) in [5.41, 5.74) is -0.793. The van der Waals surface area contributed by atoms with Crippen LogP contribution >= 0.6 is 0 Å². The normalized spacial score (nSPS) is 39.4. The van der Waals surface area contributed by atoms with Gasteiger partial charge in [-0.1, -0.05) is 6.42 Å². The summed E-state index contributed by atoms with van der Waals surface area (Å²) in [6.45, 7) is 2.16. The van der Waals surface area contributed by atoms with Gasteiger partial charge in [-0.25, -0.2) is 0 Å². The van der Waals surface area contributed by atoms with Gasteiger partial charge < -0.3 is 4.74 Å². The van der Waals surface area contributed by atoms with Gasteiger partial charge >= 0.3 is 5.97 Å². The molecule has 2 aliphatic carbocycles. The largest absolute Gasteiger partial charge is 0.465 e. The molecule has 0 aromatic rings. The molecule has 14 heavy (non-hydrogen) atoms. The number of carbonyl (C=O) groups is 1. The molecule has 2 saturated carbocycles. The van der Waals surface area contributed by atoms with E-state index >= 15 is 0 Å². The van der Waals surface area contributed by atoms with Crippen molar-refractivity contribution in [1.82, 2.24) is 0 Å². The van der Waals surface area contributed by atoms with Crippen LogP contribution in [0, 0.1) is 28.6 Å². The van der Waals surface area contributed by atoms with Gasteiger partial charge in [-0.15, -0.1) is 0 Å². The van der Waals surface area contributed by atoms with Crippen LogP contribution in [0.1, 0.15) is 32.6 Å².